The maximum Gasteiger partial charge on any atom is 0.225 e. The van der Waals surface area contributed by atoms with Crippen LogP contribution in [0.15, 0.2) is 30.3 Å². The topological polar surface area (TPSA) is 56.8 Å². The zero-order valence-electron chi connectivity index (χ0n) is 13.7. The zero-order valence-corrected chi connectivity index (χ0v) is 13.7. The molecular formula is C18H18FNO4. The molecule has 0 saturated heterocycles. The molecule has 0 saturated carbocycles. The van der Waals surface area contributed by atoms with Gasteiger partial charge >= 0.3 is 0 Å². The third-order valence-electron chi connectivity index (χ3n) is 4.13. The maximum atomic E-state index is 13.7. The van der Waals surface area contributed by atoms with Crippen molar-refractivity contribution in [3.8, 4) is 17.2 Å². The first-order valence-corrected chi connectivity index (χ1v) is 7.47. The fourth-order valence-corrected chi connectivity index (χ4v) is 3.12. The zero-order chi connectivity index (χ0) is 17.3. The van der Waals surface area contributed by atoms with Gasteiger partial charge in [-0.2, -0.15) is 0 Å². The third kappa shape index (κ3) is 2.64. The highest BCUT2D eigenvalue weighted by Crippen LogP contribution is 2.51. The summed E-state index contributed by atoms with van der Waals surface area (Å²) in [4.78, 5) is 12.1. The van der Waals surface area contributed by atoms with E-state index in [1.54, 1.807) is 18.2 Å². The highest BCUT2D eigenvalue weighted by atomic mass is 19.1. The number of amides is 1. The van der Waals surface area contributed by atoms with E-state index < -0.39 is 0 Å². The lowest BCUT2D eigenvalue weighted by Crippen LogP contribution is -2.24. The predicted molar refractivity (Wildman–Crippen MR) is 87.6 cm³/mol. The van der Waals surface area contributed by atoms with E-state index >= 15 is 0 Å². The lowest BCUT2D eigenvalue weighted by atomic mass is 9.83. The Balaban J connectivity index is 2.25. The number of methoxy groups -OCH3 is 3. The van der Waals surface area contributed by atoms with Gasteiger partial charge in [0.05, 0.1) is 27.0 Å². The van der Waals surface area contributed by atoms with Gasteiger partial charge in [0.25, 0.3) is 0 Å². The van der Waals surface area contributed by atoms with Crippen LogP contribution in [0.2, 0.25) is 0 Å². The summed E-state index contributed by atoms with van der Waals surface area (Å²) in [5.74, 6) is 0.537. The Hall–Kier alpha value is -2.76. The van der Waals surface area contributed by atoms with Gasteiger partial charge in [-0.25, -0.2) is 4.39 Å². The van der Waals surface area contributed by atoms with Gasteiger partial charge in [-0.1, -0.05) is 12.1 Å². The van der Waals surface area contributed by atoms with Gasteiger partial charge in [-0.3, -0.25) is 4.79 Å². The Morgan fingerprint density at radius 1 is 1.08 bits per heavy atom. The SMILES string of the molecule is COc1cc2c(c(OC)c1OC)[C@@H](c1cccc(F)c1)CC(=O)N2. The number of hydrogen-bond donors (Lipinski definition) is 1. The standard InChI is InChI=1S/C18H18FNO4/c1-22-14-9-13-16(18(24-3)17(14)23-2)12(8-15(21)20-13)10-5-4-6-11(19)7-10/h4-7,9,12H,8H2,1-3H3,(H,20,21)/t12-/m1/s1. The first kappa shape index (κ1) is 16.1. The van der Waals surface area contributed by atoms with E-state index in [4.69, 9.17) is 14.2 Å². The summed E-state index contributed by atoms with van der Waals surface area (Å²) in [5.41, 5.74) is 2.03. The number of rotatable bonds is 4. The first-order valence-electron chi connectivity index (χ1n) is 7.47. The van der Waals surface area contributed by atoms with Crippen LogP contribution >= 0.6 is 0 Å². The quantitative estimate of drug-likeness (QED) is 0.934. The summed E-state index contributed by atoms with van der Waals surface area (Å²) in [6.45, 7) is 0. The molecule has 1 aliphatic rings. The molecule has 0 aromatic heterocycles. The smallest absolute Gasteiger partial charge is 0.225 e. The molecule has 0 bridgehead atoms. The van der Waals surface area contributed by atoms with Crippen LogP contribution < -0.4 is 19.5 Å². The second-order valence-electron chi connectivity index (χ2n) is 5.47. The number of nitrogens with one attached hydrogen (secondary N) is 1. The molecule has 2 aromatic carbocycles. The van der Waals surface area contributed by atoms with E-state index in [0.29, 0.717) is 28.5 Å². The molecule has 0 aliphatic carbocycles. The summed E-state index contributed by atoms with van der Waals surface area (Å²) >= 11 is 0. The van der Waals surface area contributed by atoms with Gasteiger partial charge in [0, 0.05) is 24.0 Å². The van der Waals surface area contributed by atoms with E-state index in [-0.39, 0.29) is 24.1 Å². The molecule has 126 valence electrons. The molecule has 2 aromatic rings. The van der Waals surface area contributed by atoms with Gasteiger partial charge in [-0.15, -0.1) is 0 Å². The van der Waals surface area contributed by atoms with Crippen LogP contribution in [0, 0.1) is 5.82 Å². The Labute approximate surface area is 139 Å². The minimum atomic E-state index is -0.348. The van der Waals surface area contributed by atoms with Crippen molar-refractivity contribution in [3.63, 3.8) is 0 Å². The number of anilines is 1. The minimum Gasteiger partial charge on any atom is -0.493 e. The second-order valence-corrected chi connectivity index (χ2v) is 5.47. The molecule has 0 radical (unpaired) electrons. The number of fused-ring (bicyclic) bond motifs is 1. The molecule has 0 fully saturated rings. The van der Waals surface area contributed by atoms with E-state index in [1.807, 2.05) is 0 Å². The van der Waals surface area contributed by atoms with Crippen LogP contribution in [0.5, 0.6) is 17.2 Å². The average molecular weight is 331 g/mol. The van der Waals surface area contributed by atoms with Crippen LogP contribution in [0.4, 0.5) is 10.1 Å². The van der Waals surface area contributed by atoms with Crippen LogP contribution in [0.25, 0.3) is 0 Å². The number of carbonyl (C=O) groups is 1. The Kier molecular flexibility index (Phi) is 4.29. The van der Waals surface area contributed by atoms with Crippen molar-refractivity contribution in [2.45, 2.75) is 12.3 Å². The fraction of sp³-hybridized carbons (Fsp3) is 0.278. The number of hydrogen-bond acceptors (Lipinski definition) is 4. The van der Waals surface area contributed by atoms with Gasteiger partial charge in [0.1, 0.15) is 5.82 Å². The normalized spacial score (nSPS) is 16.2. The summed E-state index contributed by atoms with van der Waals surface area (Å²) in [7, 11) is 4.56. The number of benzene rings is 2. The lowest BCUT2D eigenvalue weighted by molar-refractivity contribution is -0.116. The molecule has 0 unspecified atom stereocenters. The van der Waals surface area contributed by atoms with Gasteiger partial charge < -0.3 is 19.5 Å². The van der Waals surface area contributed by atoms with Gasteiger partial charge in [-0.05, 0) is 17.7 Å². The van der Waals surface area contributed by atoms with E-state index in [2.05, 4.69) is 5.32 Å². The molecule has 3 rings (SSSR count). The molecular weight excluding hydrogens is 313 g/mol. The largest absolute Gasteiger partial charge is 0.493 e. The summed E-state index contributed by atoms with van der Waals surface area (Å²) < 4.78 is 30.0. The Morgan fingerprint density at radius 2 is 1.83 bits per heavy atom. The molecule has 6 heteroatoms. The van der Waals surface area contributed by atoms with E-state index in [9.17, 15) is 9.18 Å². The second kappa shape index (κ2) is 6.39. The van der Waals surface area contributed by atoms with E-state index in [1.165, 1.54) is 33.5 Å². The fourth-order valence-electron chi connectivity index (χ4n) is 3.12. The number of carbonyl (C=O) groups excluding carboxylic acids is 1. The van der Waals surface area contributed by atoms with Crippen molar-refractivity contribution in [3.05, 3.63) is 47.3 Å². The Bertz CT molecular complexity index is 791. The number of ether oxygens (including phenoxy) is 3. The molecule has 1 atom stereocenters. The van der Waals surface area contributed by atoms with Crippen molar-refractivity contribution >= 4 is 11.6 Å². The third-order valence-corrected chi connectivity index (χ3v) is 4.13. The van der Waals surface area contributed by atoms with E-state index in [0.717, 1.165) is 5.56 Å². The van der Waals surface area contributed by atoms with Crippen molar-refractivity contribution < 1.29 is 23.4 Å². The van der Waals surface area contributed by atoms with Crippen LogP contribution in [-0.2, 0) is 4.79 Å². The molecule has 1 aliphatic heterocycles. The Morgan fingerprint density at radius 3 is 2.46 bits per heavy atom. The molecule has 5 nitrogen and oxygen atoms in total. The summed E-state index contributed by atoms with van der Waals surface area (Å²) in [6.07, 6.45) is 0.197. The van der Waals surface area contributed by atoms with Crippen molar-refractivity contribution in [2.24, 2.45) is 0 Å². The van der Waals surface area contributed by atoms with Crippen LogP contribution in [-0.4, -0.2) is 27.2 Å². The molecule has 1 amide bonds. The molecule has 1 N–H and O–H groups in total. The van der Waals surface area contributed by atoms with Crippen LogP contribution in [0.3, 0.4) is 0 Å². The van der Waals surface area contributed by atoms with Gasteiger partial charge in [0.2, 0.25) is 11.7 Å². The first-order chi connectivity index (χ1) is 11.6. The predicted octanol–water partition coefficient (Wildman–Crippen LogP) is 3.33. The summed E-state index contributed by atoms with van der Waals surface area (Å²) in [6, 6.07) is 7.93. The number of halogens is 1. The van der Waals surface area contributed by atoms with Crippen molar-refractivity contribution in [2.75, 3.05) is 26.6 Å². The van der Waals surface area contributed by atoms with Crippen molar-refractivity contribution in [1.82, 2.24) is 0 Å². The highest BCUT2D eigenvalue weighted by Gasteiger charge is 2.33. The van der Waals surface area contributed by atoms with Crippen molar-refractivity contribution in [1.29, 1.82) is 0 Å². The monoisotopic (exact) mass is 331 g/mol. The van der Waals surface area contributed by atoms with Crippen LogP contribution in [0.1, 0.15) is 23.5 Å². The minimum absolute atomic E-state index is 0.147. The highest BCUT2D eigenvalue weighted by molar-refractivity contribution is 5.97. The van der Waals surface area contributed by atoms with Gasteiger partial charge in [0.15, 0.2) is 11.5 Å². The molecule has 24 heavy (non-hydrogen) atoms. The molecule has 1 heterocycles. The summed E-state index contributed by atoms with van der Waals surface area (Å²) in [5, 5.41) is 2.83. The maximum absolute atomic E-state index is 13.7. The average Bonchev–Trinajstić information content (AvgIpc) is 2.59. The molecule has 0 spiro atoms. The lowest BCUT2D eigenvalue weighted by Gasteiger charge is -2.29.